The van der Waals surface area contributed by atoms with Gasteiger partial charge in [-0.2, -0.15) is 0 Å². The highest BCUT2D eigenvalue weighted by Gasteiger charge is 2.45. The monoisotopic (exact) mass is 377 g/mol. The highest BCUT2D eigenvalue weighted by atomic mass is 19.1. The Morgan fingerprint density at radius 2 is 2.00 bits per heavy atom. The number of benzene rings is 1. The summed E-state index contributed by atoms with van der Waals surface area (Å²) in [6.07, 6.45) is 1.56. The van der Waals surface area contributed by atoms with Crippen molar-refractivity contribution in [3.63, 3.8) is 0 Å². The van der Waals surface area contributed by atoms with Crippen LogP contribution >= 0.6 is 0 Å². The van der Waals surface area contributed by atoms with Gasteiger partial charge in [0, 0.05) is 12.3 Å². The molecule has 4 heterocycles. The molecule has 138 valence electrons. The minimum Gasteiger partial charge on any atom is -0.450 e. The Balaban J connectivity index is 1.84. The van der Waals surface area contributed by atoms with Gasteiger partial charge in [-0.05, 0) is 37.3 Å². The lowest BCUT2D eigenvalue weighted by molar-refractivity contribution is 0.0969. The van der Waals surface area contributed by atoms with E-state index in [2.05, 4.69) is 10.1 Å². The molecule has 1 atom stereocenters. The van der Waals surface area contributed by atoms with Gasteiger partial charge in [0.25, 0.3) is 5.91 Å². The summed E-state index contributed by atoms with van der Waals surface area (Å²) in [5.41, 5.74) is 0.208. The standard InChI is InChI=1S/C20H12FN3O4/c1-10-8-15(23-28-10)24-17(13-4-2-3-7-22-13)16-18(25)12-9-11(21)5-6-14(12)27-19(16)20(24)26/h2-9,17H,1H3. The number of hydrogen-bond acceptors (Lipinski definition) is 6. The molecule has 1 aliphatic rings. The molecule has 1 unspecified atom stereocenters. The van der Waals surface area contributed by atoms with Crippen LogP contribution in [0.2, 0.25) is 0 Å². The summed E-state index contributed by atoms with van der Waals surface area (Å²) in [5.74, 6) is -0.477. The van der Waals surface area contributed by atoms with Crippen LogP contribution in [0.4, 0.5) is 10.2 Å². The van der Waals surface area contributed by atoms with Gasteiger partial charge in [-0.25, -0.2) is 4.39 Å². The molecule has 5 rings (SSSR count). The number of anilines is 1. The van der Waals surface area contributed by atoms with Crippen molar-refractivity contribution >= 4 is 22.7 Å². The minimum atomic E-state index is -0.864. The molecule has 4 aromatic rings. The molecular weight excluding hydrogens is 365 g/mol. The zero-order chi connectivity index (χ0) is 19.4. The molecule has 0 saturated heterocycles. The van der Waals surface area contributed by atoms with E-state index in [1.54, 1.807) is 37.4 Å². The molecule has 7 nitrogen and oxygen atoms in total. The van der Waals surface area contributed by atoms with Gasteiger partial charge in [0.15, 0.2) is 11.2 Å². The Kier molecular flexibility index (Phi) is 3.42. The molecule has 0 fully saturated rings. The molecule has 1 aliphatic heterocycles. The highest BCUT2D eigenvalue weighted by molar-refractivity contribution is 6.10. The second kappa shape index (κ2) is 5.85. The van der Waals surface area contributed by atoms with E-state index < -0.39 is 23.2 Å². The van der Waals surface area contributed by atoms with Crippen molar-refractivity contribution < 1.29 is 18.1 Å². The molecule has 28 heavy (non-hydrogen) atoms. The molecule has 0 aliphatic carbocycles. The molecule has 8 heteroatoms. The van der Waals surface area contributed by atoms with E-state index in [-0.39, 0.29) is 28.1 Å². The summed E-state index contributed by atoms with van der Waals surface area (Å²) < 4.78 is 24.5. The molecule has 0 spiro atoms. The minimum absolute atomic E-state index is 0.0608. The predicted octanol–water partition coefficient (Wildman–Crippen LogP) is 3.37. The van der Waals surface area contributed by atoms with Crippen LogP contribution in [0.5, 0.6) is 0 Å². The Bertz CT molecular complexity index is 1300. The van der Waals surface area contributed by atoms with Crippen LogP contribution in [0.1, 0.15) is 33.6 Å². The largest absolute Gasteiger partial charge is 0.450 e. The normalized spacial score (nSPS) is 16.0. The van der Waals surface area contributed by atoms with E-state index in [1.807, 2.05) is 0 Å². The van der Waals surface area contributed by atoms with Gasteiger partial charge < -0.3 is 8.94 Å². The Morgan fingerprint density at radius 1 is 1.14 bits per heavy atom. The van der Waals surface area contributed by atoms with Crippen LogP contribution in [0.15, 0.2) is 62.4 Å². The number of aryl methyl sites for hydroxylation is 1. The number of carbonyl (C=O) groups excluding carboxylic acids is 1. The first-order chi connectivity index (χ1) is 13.5. The lowest BCUT2D eigenvalue weighted by atomic mass is 10.0. The Morgan fingerprint density at radius 3 is 2.71 bits per heavy atom. The number of rotatable bonds is 2. The molecule has 0 radical (unpaired) electrons. The van der Waals surface area contributed by atoms with Crippen LogP contribution in [0.25, 0.3) is 11.0 Å². The summed E-state index contributed by atoms with van der Waals surface area (Å²) in [6.45, 7) is 1.69. The van der Waals surface area contributed by atoms with Crippen molar-refractivity contribution in [2.45, 2.75) is 13.0 Å². The average Bonchev–Trinajstić information content (AvgIpc) is 3.24. The van der Waals surface area contributed by atoms with Crippen LogP contribution in [0.3, 0.4) is 0 Å². The van der Waals surface area contributed by atoms with E-state index in [0.717, 1.165) is 6.07 Å². The van der Waals surface area contributed by atoms with Gasteiger partial charge in [-0.3, -0.25) is 19.5 Å². The zero-order valence-electron chi connectivity index (χ0n) is 14.5. The molecule has 1 aromatic carbocycles. The van der Waals surface area contributed by atoms with E-state index in [4.69, 9.17) is 8.94 Å². The lowest BCUT2D eigenvalue weighted by Crippen LogP contribution is -2.30. The quantitative estimate of drug-likeness (QED) is 0.532. The fourth-order valence-corrected chi connectivity index (χ4v) is 3.47. The molecule has 0 saturated carbocycles. The SMILES string of the molecule is Cc1cc(N2C(=O)c3oc4ccc(F)cc4c(=O)c3C2c2ccccn2)no1. The zero-order valence-corrected chi connectivity index (χ0v) is 14.5. The van der Waals surface area contributed by atoms with Crippen LogP contribution in [-0.4, -0.2) is 16.0 Å². The molecule has 1 amide bonds. The van der Waals surface area contributed by atoms with Gasteiger partial charge in [-0.1, -0.05) is 11.2 Å². The maximum Gasteiger partial charge on any atom is 0.296 e. The third-order valence-electron chi connectivity index (χ3n) is 4.66. The number of nitrogens with zero attached hydrogens (tertiary/aromatic N) is 3. The van der Waals surface area contributed by atoms with E-state index in [1.165, 1.54) is 17.0 Å². The van der Waals surface area contributed by atoms with Gasteiger partial charge in [0.1, 0.15) is 23.2 Å². The molecule has 0 N–H and O–H groups in total. The second-order valence-corrected chi connectivity index (χ2v) is 6.44. The topological polar surface area (TPSA) is 89.4 Å². The third kappa shape index (κ3) is 2.27. The van der Waals surface area contributed by atoms with Crippen LogP contribution < -0.4 is 10.3 Å². The van der Waals surface area contributed by atoms with Gasteiger partial charge >= 0.3 is 0 Å². The van der Waals surface area contributed by atoms with Gasteiger partial charge in [0.05, 0.1) is 16.6 Å². The van der Waals surface area contributed by atoms with Crippen molar-refractivity contribution in [3.8, 4) is 0 Å². The predicted molar refractivity (Wildman–Crippen MR) is 96.6 cm³/mol. The maximum absolute atomic E-state index is 13.7. The van der Waals surface area contributed by atoms with Crippen molar-refractivity contribution in [2.75, 3.05) is 4.90 Å². The fourth-order valence-electron chi connectivity index (χ4n) is 3.47. The van der Waals surface area contributed by atoms with Gasteiger partial charge in [-0.15, -0.1) is 0 Å². The number of amides is 1. The van der Waals surface area contributed by atoms with E-state index in [0.29, 0.717) is 11.5 Å². The summed E-state index contributed by atoms with van der Waals surface area (Å²) >= 11 is 0. The second-order valence-electron chi connectivity index (χ2n) is 6.44. The van der Waals surface area contributed by atoms with E-state index in [9.17, 15) is 14.0 Å². The average molecular weight is 377 g/mol. The Labute approximate surface area is 157 Å². The van der Waals surface area contributed by atoms with Gasteiger partial charge in [0.2, 0.25) is 5.76 Å². The molecule has 0 bridgehead atoms. The summed E-state index contributed by atoms with van der Waals surface area (Å²) in [7, 11) is 0. The summed E-state index contributed by atoms with van der Waals surface area (Å²) in [5, 5.41) is 3.98. The fraction of sp³-hybridized carbons (Fsp3) is 0.100. The summed E-state index contributed by atoms with van der Waals surface area (Å²) in [4.78, 5) is 32.0. The summed E-state index contributed by atoms with van der Waals surface area (Å²) in [6, 6.07) is 9.50. The molecular formula is C20H12FN3O4. The van der Waals surface area contributed by atoms with Crippen molar-refractivity contribution in [1.29, 1.82) is 0 Å². The van der Waals surface area contributed by atoms with E-state index >= 15 is 0 Å². The van der Waals surface area contributed by atoms with Crippen molar-refractivity contribution in [2.24, 2.45) is 0 Å². The first-order valence-electron chi connectivity index (χ1n) is 8.48. The smallest absolute Gasteiger partial charge is 0.296 e. The third-order valence-corrected chi connectivity index (χ3v) is 4.66. The van der Waals surface area contributed by atoms with Crippen molar-refractivity contribution in [3.05, 3.63) is 87.5 Å². The number of pyridine rings is 1. The van der Waals surface area contributed by atoms with Crippen LogP contribution in [0, 0.1) is 12.7 Å². The lowest BCUT2D eigenvalue weighted by Gasteiger charge is -2.21. The first-order valence-corrected chi connectivity index (χ1v) is 8.48. The number of carbonyl (C=O) groups is 1. The van der Waals surface area contributed by atoms with Crippen LogP contribution in [-0.2, 0) is 0 Å². The Hall–Kier alpha value is -3.81. The molecule has 3 aromatic heterocycles. The number of aromatic nitrogens is 2. The first kappa shape index (κ1) is 16.4. The van der Waals surface area contributed by atoms with Crippen molar-refractivity contribution in [1.82, 2.24) is 10.1 Å². The number of hydrogen-bond donors (Lipinski definition) is 0. The maximum atomic E-state index is 13.7. The number of halogens is 1. The highest BCUT2D eigenvalue weighted by Crippen LogP contribution is 2.40. The number of fused-ring (bicyclic) bond motifs is 2.